The first kappa shape index (κ1) is 12.3. The number of hydrogen-bond donors (Lipinski definition) is 0. The van der Waals surface area contributed by atoms with E-state index in [2.05, 4.69) is 28.3 Å². The summed E-state index contributed by atoms with van der Waals surface area (Å²) in [7, 11) is 0. The Kier molecular flexibility index (Phi) is 5.47. The van der Waals surface area contributed by atoms with Crippen LogP contribution in [0.5, 0.6) is 0 Å². The monoisotopic (exact) mass is 225 g/mol. The Morgan fingerprint density at radius 1 is 1.40 bits per heavy atom. The maximum atomic E-state index is 4.16. The van der Waals surface area contributed by atoms with E-state index in [-0.39, 0.29) is 0 Å². The fourth-order valence-electron chi connectivity index (χ4n) is 1.32. The molecule has 15 heavy (non-hydrogen) atoms. The first-order valence-electron chi connectivity index (χ1n) is 5.43. The first-order valence-corrected chi connectivity index (χ1v) is 6.41. The van der Waals surface area contributed by atoms with E-state index in [9.17, 15) is 0 Å². The molecule has 0 spiro atoms. The summed E-state index contributed by atoms with van der Waals surface area (Å²) in [6, 6.07) is 0. The van der Waals surface area contributed by atoms with Gasteiger partial charge in [0.1, 0.15) is 5.82 Å². The molecule has 0 fully saturated rings. The summed E-state index contributed by atoms with van der Waals surface area (Å²) in [6.45, 7) is 8.74. The number of unbranched alkanes of at least 4 members (excludes halogenated alkanes) is 2. The van der Waals surface area contributed by atoms with Gasteiger partial charge >= 0.3 is 0 Å². The van der Waals surface area contributed by atoms with Crippen LogP contribution in [0.3, 0.4) is 0 Å². The van der Waals surface area contributed by atoms with Crippen molar-refractivity contribution in [3.8, 4) is 0 Å². The largest absolute Gasteiger partial charge is 0.302 e. The standard InChI is InChI=1S/C11H19N3S/c1-4-6-7-9-15-11-13-12-10(3)14(11)8-5-2/h5H,2,4,6-9H2,1,3H3. The van der Waals surface area contributed by atoms with Gasteiger partial charge in [-0.1, -0.05) is 37.6 Å². The minimum absolute atomic E-state index is 0.801. The molecule has 0 N–H and O–H groups in total. The van der Waals surface area contributed by atoms with Crippen LogP contribution >= 0.6 is 11.8 Å². The molecule has 0 aliphatic carbocycles. The van der Waals surface area contributed by atoms with Crippen LogP contribution in [0.15, 0.2) is 17.8 Å². The number of nitrogens with zero attached hydrogens (tertiary/aromatic N) is 3. The van der Waals surface area contributed by atoms with E-state index in [1.807, 2.05) is 13.0 Å². The molecule has 0 bridgehead atoms. The molecule has 1 aromatic rings. The van der Waals surface area contributed by atoms with Gasteiger partial charge in [0.05, 0.1) is 0 Å². The van der Waals surface area contributed by atoms with Crippen LogP contribution in [-0.2, 0) is 6.54 Å². The zero-order chi connectivity index (χ0) is 11.1. The average molecular weight is 225 g/mol. The van der Waals surface area contributed by atoms with Crippen molar-refractivity contribution in [1.29, 1.82) is 0 Å². The molecule has 0 unspecified atom stereocenters. The van der Waals surface area contributed by atoms with Gasteiger partial charge in [0.15, 0.2) is 5.16 Å². The number of allylic oxidation sites excluding steroid dienone is 1. The van der Waals surface area contributed by atoms with Crippen molar-refractivity contribution in [2.45, 2.75) is 44.8 Å². The van der Waals surface area contributed by atoms with E-state index in [4.69, 9.17) is 0 Å². The van der Waals surface area contributed by atoms with Gasteiger partial charge in [-0.3, -0.25) is 0 Å². The van der Waals surface area contributed by atoms with E-state index in [0.29, 0.717) is 0 Å². The summed E-state index contributed by atoms with van der Waals surface area (Å²) in [5, 5.41) is 9.26. The van der Waals surface area contributed by atoms with E-state index < -0.39 is 0 Å². The van der Waals surface area contributed by atoms with Gasteiger partial charge in [-0.05, 0) is 13.3 Å². The highest BCUT2D eigenvalue weighted by atomic mass is 32.2. The van der Waals surface area contributed by atoms with Crippen molar-refractivity contribution >= 4 is 11.8 Å². The van der Waals surface area contributed by atoms with Gasteiger partial charge in [-0.2, -0.15) is 0 Å². The van der Waals surface area contributed by atoms with E-state index in [1.165, 1.54) is 19.3 Å². The van der Waals surface area contributed by atoms with E-state index >= 15 is 0 Å². The lowest BCUT2D eigenvalue weighted by Crippen LogP contribution is -2.00. The zero-order valence-electron chi connectivity index (χ0n) is 9.57. The third kappa shape index (κ3) is 3.70. The molecular formula is C11H19N3S. The topological polar surface area (TPSA) is 30.7 Å². The number of rotatable bonds is 7. The molecule has 1 heterocycles. The molecule has 0 saturated carbocycles. The lowest BCUT2D eigenvalue weighted by Gasteiger charge is -2.04. The molecular weight excluding hydrogens is 206 g/mol. The second kappa shape index (κ2) is 6.67. The number of thioether (sulfide) groups is 1. The van der Waals surface area contributed by atoms with Gasteiger partial charge < -0.3 is 4.57 Å². The van der Waals surface area contributed by atoms with Gasteiger partial charge in [-0.25, -0.2) is 0 Å². The van der Waals surface area contributed by atoms with Crippen molar-refractivity contribution in [3.05, 3.63) is 18.5 Å². The molecule has 1 aromatic heterocycles. The fourth-order valence-corrected chi connectivity index (χ4v) is 2.32. The minimum atomic E-state index is 0.801. The first-order chi connectivity index (χ1) is 7.29. The Bertz CT molecular complexity index is 307. The molecule has 4 heteroatoms. The Morgan fingerprint density at radius 2 is 2.20 bits per heavy atom. The van der Waals surface area contributed by atoms with Gasteiger partial charge in [-0.15, -0.1) is 16.8 Å². The van der Waals surface area contributed by atoms with Gasteiger partial charge in [0.2, 0.25) is 0 Å². The summed E-state index contributed by atoms with van der Waals surface area (Å²) in [5.74, 6) is 2.09. The highest BCUT2D eigenvalue weighted by molar-refractivity contribution is 7.99. The maximum absolute atomic E-state index is 4.16. The SMILES string of the molecule is C=CCn1c(C)nnc1SCCCCC. The number of hydrogen-bond acceptors (Lipinski definition) is 3. The highest BCUT2D eigenvalue weighted by Crippen LogP contribution is 2.18. The molecule has 0 aliphatic rings. The Hall–Kier alpha value is -0.770. The fraction of sp³-hybridized carbons (Fsp3) is 0.636. The quantitative estimate of drug-likeness (QED) is 0.406. The zero-order valence-corrected chi connectivity index (χ0v) is 10.4. The molecule has 0 aliphatic heterocycles. The summed E-state index contributed by atoms with van der Waals surface area (Å²) >= 11 is 1.79. The van der Waals surface area contributed by atoms with Gasteiger partial charge in [0, 0.05) is 12.3 Å². The van der Waals surface area contributed by atoms with Crippen LogP contribution in [0.4, 0.5) is 0 Å². The summed E-state index contributed by atoms with van der Waals surface area (Å²) in [4.78, 5) is 0. The minimum Gasteiger partial charge on any atom is -0.302 e. The number of aryl methyl sites for hydroxylation is 1. The smallest absolute Gasteiger partial charge is 0.191 e. The molecule has 1 rings (SSSR count). The second-order valence-electron chi connectivity index (χ2n) is 3.48. The van der Waals surface area contributed by atoms with Crippen LogP contribution in [0.1, 0.15) is 32.0 Å². The molecule has 84 valence electrons. The Labute approximate surface area is 96.0 Å². The van der Waals surface area contributed by atoms with Gasteiger partial charge in [0.25, 0.3) is 0 Å². The van der Waals surface area contributed by atoms with Crippen molar-refractivity contribution < 1.29 is 0 Å². The molecule has 0 atom stereocenters. The lowest BCUT2D eigenvalue weighted by molar-refractivity contribution is 0.701. The van der Waals surface area contributed by atoms with Crippen molar-refractivity contribution in [1.82, 2.24) is 14.8 Å². The Morgan fingerprint density at radius 3 is 2.87 bits per heavy atom. The third-order valence-corrected chi connectivity index (χ3v) is 3.25. The molecule has 0 aromatic carbocycles. The van der Waals surface area contributed by atoms with Crippen LogP contribution in [0.25, 0.3) is 0 Å². The average Bonchev–Trinajstić information content (AvgIpc) is 2.57. The molecule has 0 radical (unpaired) electrons. The normalized spacial score (nSPS) is 10.5. The lowest BCUT2D eigenvalue weighted by atomic mass is 10.3. The van der Waals surface area contributed by atoms with E-state index in [1.54, 1.807) is 11.8 Å². The van der Waals surface area contributed by atoms with Crippen molar-refractivity contribution in [2.75, 3.05) is 5.75 Å². The van der Waals surface area contributed by atoms with Crippen LogP contribution in [0.2, 0.25) is 0 Å². The van der Waals surface area contributed by atoms with Crippen LogP contribution in [0, 0.1) is 6.92 Å². The van der Waals surface area contributed by atoms with Crippen molar-refractivity contribution in [2.24, 2.45) is 0 Å². The maximum Gasteiger partial charge on any atom is 0.191 e. The Balaban J connectivity index is 2.48. The van der Waals surface area contributed by atoms with E-state index in [0.717, 1.165) is 23.3 Å². The second-order valence-corrected chi connectivity index (χ2v) is 4.55. The molecule has 0 saturated heterocycles. The molecule has 0 amide bonds. The molecule has 3 nitrogen and oxygen atoms in total. The van der Waals surface area contributed by atoms with Crippen LogP contribution in [-0.4, -0.2) is 20.5 Å². The third-order valence-electron chi connectivity index (χ3n) is 2.19. The summed E-state index contributed by atoms with van der Waals surface area (Å²) < 4.78 is 2.10. The predicted octanol–water partition coefficient (Wildman–Crippen LogP) is 3.05. The van der Waals surface area contributed by atoms with Crippen molar-refractivity contribution in [3.63, 3.8) is 0 Å². The summed E-state index contributed by atoms with van der Waals surface area (Å²) in [5.41, 5.74) is 0. The predicted molar refractivity (Wildman–Crippen MR) is 65.2 cm³/mol. The highest BCUT2D eigenvalue weighted by Gasteiger charge is 2.06. The van der Waals surface area contributed by atoms with Crippen LogP contribution < -0.4 is 0 Å². The summed E-state index contributed by atoms with van der Waals surface area (Å²) in [6.07, 6.45) is 5.69. The number of aromatic nitrogens is 3.